The largest absolute Gasteiger partial charge is 0.349 e. The number of nitriles is 1. The minimum atomic E-state index is -0.0648. The van der Waals surface area contributed by atoms with Crippen LogP contribution in [0.1, 0.15) is 11.7 Å². The highest BCUT2D eigenvalue weighted by Gasteiger charge is 2.18. The number of hydrogen-bond donors (Lipinski definition) is 1. The number of aromatic nitrogens is 1. The second-order valence-corrected chi connectivity index (χ2v) is 3.18. The van der Waals surface area contributed by atoms with E-state index >= 15 is 0 Å². The molecule has 12 heavy (non-hydrogen) atoms. The van der Waals surface area contributed by atoms with Gasteiger partial charge in [-0.05, 0) is 12.1 Å². The first-order chi connectivity index (χ1) is 5.66. The average molecular weight is 164 g/mol. The van der Waals surface area contributed by atoms with Crippen LogP contribution in [0.25, 0.3) is 0 Å². The van der Waals surface area contributed by atoms with Gasteiger partial charge in [-0.1, -0.05) is 0 Å². The van der Waals surface area contributed by atoms with Gasteiger partial charge in [0, 0.05) is 13.2 Å². The molecule has 1 heterocycles. The van der Waals surface area contributed by atoms with Crippen molar-refractivity contribution in [2.24, 2.45) is 7.05 Å². The minimum absolute atomic E-state index is 0.0648. The van der Waals surface area contributed by atoms with Crippen LogP contribution in [0.4, 0.5) is 0 Å². The van der Waals surface area contributed by atoms with Crippen molar-refractivity contribution in [1.29, 1.82) is 5.26 Å². The second kappa shape index (κ2) is 3.42. The van der Waals surface area contributed by atoms with Crippen LogP contribution < -0.4 is 4.90 Å². The summed E-state index contributed by atoms with van der Waals surface area (Å²) < 4.78 is 1.99. The summed E-state index contributed by atoms with van der Waals surface area (Å²) in [5, 5.41) is 8.91. The smallest absolute Gasteiger partial charge is 0.215 e. The van der Waals surface area contributed by atoms with Gasteiger partial charge < -0.3 is 9.47 Å². The Hall–Kier alpha value is -1.27. The molecule has 0 bridgehead atoms. The first-order valence-corrected chi connectivity index (χ1v) is 3.97. The van der Waals surface area contributed by atoms with E-state index in [-0.39, 0.29) is 6.04 Å². The molecule has 0 saturated heterocycles. The molecule has 0 saturated carbocycles. The zero-order chi connectivity index (χ0) is 9.14. The van der Waals surface area contributed by atoms with Gasteiger partial charge in [-0.15, -0.1) is 0 Å². The lowest BCUT2D eigenvalue weighted by Crippen LogP contribution is -3.06. The Labute approximate surface area is 72.8 Å². The van der Waals surface area contributed by atoms with Gasteiger partial charge in [0.2, 0.25) is 6.04 Å². The van der Waals surface area contributed by atoms with Gasteiger partial charge in [0.15, 0.2) is 0 Å². The summed E-state index contributed by atoms with van der Waals surface area (Å²) in [6.45, 7) is 0. The number of quaternary nitrogens is 1. The van der Waals surface area contributed by atoms with Crippen molar-refractivity contribution in [1.82, 2.24) is 4.57 Å². The maximum atomic E-state index is 8.91. The Morgan fingerprint density at radius 2 is 2.25 bits per heavy atom. The van der Waals surface area contributed by atoms with Crippen molar-refractivity contribution < 1.29 is 4.90 Å². The van der Waals surface area contributed by atoms with Crippen molar-refractivity contribution in [3.05, 3.63) is 24.0 Å². The third-order valence-electron chi connectivity index (χ3n) is 1.99. The Morgan fingerprint density at radius 1 is 1.58 bits per heavy atom. The van der Waals surface area contributed by atoms with Crippen LogP contribution in [0.15, 0.2) is 18.3 Å². The molecule has 1 N–H and O–H groups in total. The van der Waals surface area contributed by atoms with Gasteiger partial charge in [-0.3, -0.25) is 0 Å². The summed E-state index contributed by atoms with van der Waals surface area (Å²) in [4.78, 5) is 1.14. The first kappa shape index (κ1) is 8.82. The predicted octanol–water partition coefficient (Wildman–Crippen LogP) is -0.266. The van der Waals surface area contributed by atoms with E-state index in [1.807, 2.05) is 44.0 Å². The van der Waals surface area contributed by atoms with Gasteiger partial charge >= 0.3 is 0 Å². The molecule has 0 aliphatic carbocycles. The van der Waals surface area contributed by atoms with E-state index in [9.17, 15) is 0 Å². The highest BCUT2D eigenvalue weighted by molar-refractivity contribution is 5.14. The molecule has 3 nitrogen and oxygen atoms in total. The van der Waals surface area contributed by atoms with Crippen LogP contribution in [0.5, 0.6) is 0 Å². The fourth-order valence-electron chi connectivity index (χ4n) is 1.27. The second-order valence-electron chi connectivity index (χ2n) is 3.18. The summed E-state index contributed by atoms with van der Waals surface area (Å²) in [7, 11) is 5.93. The van der Waals surface area contributed by atoms with Crippen LogP contribution in [-0.4, -0.2) is 18.7 Å². The van der Waals surface area contributed by atoms with E-state index in [1.54, 1.807) is 0 Å². The summed E-state index contributed by atoms with van der Waals surface area (Å²) in [5.41, 5.74) is 1.07. The Bertz CT molecular complexity index is 293. The van der Waals surface area contributed by atoms with E-state index in [4.69, 9.17) is 5.26 Å². The number of rotatable bonds is 2. The highest BCUT2D eigenvalue weighted by Crippen LogP contribution is 2.07. The van der Waals surface area contributed by atoms with E-state index < -0.39 is 0 Å². The summed E-state index contributed by atoms with van der Waals surface area (Å²) in [5.74, 6) is 0. The lowest BCUT2D eigenvalue weighted by atomic mass is 10.2. The standard InChI is InChI=1S/C9H13N3/c1-11(2)9(7-10)8-5-4-6-12(8)3/h4-6,9H,1-3H3/p+1/t9-/m0/s1. The minimum Gasteiger partial charge on any atom is -0.349 e. The van der Waals surface area contributed by atoms with E-state index in [0.29, 0.717) is 0 Å². The molecule has 0 radical (unpaired) electrons. The van der Waals surface area contributed by atoms with Crippen molar-refractivity contribution in [2.45, 2.75) is 6.04 Å². The quantitative estimate of drug-likeness (QED) is 0.641. The first-order valence-electron chi connectivity index (χ1n) is 3.97. The fourth-order valence-corrected chi connectivity index (χ4v) is 1.27. The monoisotopic (exact) mass is 164 g/mol. The molecule has 0 amide bonds. The van der Waals surface area contributed by atoms with Gasteiger partial charge in [-0.25, -0.2) is 0 Å². The number of hydrogen-bond acceptors (Lipinski definition) is 1. The van der Waals surface area contributed by atoms with Gasteiger partial charge in [0.05, 0.1) is 19.8 Å². The maximum Gasteiger partial charge on any atom is 0.215 e. The zero-order valence-electron chi connectivity index (χ0n) is 7.70. The highest BCUT2D eigenvalue weighted by atomic mass is 15.1. The Kier molecular flexibility index (Phi) is 2.51. The molecule has 1 aromatic rings. The van der Waals surface area contributed by atoms with Crippen molar-refractivity contribution >= 4 is 0 Å². The van der Waals surface area contributed by atoms with Gasteiger partial charge in [-0.2, -0.15) is 5.26 Å². The molecule has 1 atom stereocenters. The van der Waals surface area contributed by atoms with Crippen LogP contribution in [0.2, 0.25) is 0 Å². The lowest BCUT2D eigenvalue weighted by Gasteiger charge is -2.14. The summed E-state index contributed by atoms with van der Waals surface area (Å²) in [6.07, 6.45) is 1.96. The molecular formula is C9H14N3+. The van der Waals surface area contributed by atoms with Crippen molar-refractivity contribution in [3.63, 3.8) is 0 Å². The Balaban J connectivity index is 2.97. The van der Waals surface area contributed by atoms with E-state index in [0.717, 1.165) is 10.6 Å². The third-order valence-corrected chi connectivity index (χ3v) is 1.99. The summed E-state index contributed by atoms with van der Waals surface area (Å²) >= 11 is 0. The van der Waals surface area contributed by atoms with Crippen LogP contribution in [0, 0.1) is 11.3 Å². The Morgan fingerprint density at radius 3 is 2.58 bits per heavy atom. The normalized spacial score (nSPS) is 12.9. The maximum absolute atomic E-state index is 8.91. The third kappa shape index (κ3) is 1.49. The van der Waals surface area contributed by atoms with Gasteiger partial charge in [0.1, 0.15) is 6.07 Å². The molecule has 64 valence electrons. The number of aryl methyl sites for hydroxylation is 1. The molecule has 0 aliphatic heterocycles. The molecule has 0 fully saturated rings. The van der Waals surface area contributed by atoms with E-state index in [2.05, 4.69) is 6.07 Å². The van der Waals surface area contributed by atoms with Crippen molar-refractivity contribution in [2.75, 3.05) is 14.1 Å². The number of nitrogens with one attached hydrogen (secondary N) is 1. The topological polar surface area (TPSA) is 33.2 Å². The molecule has 0 spiro atoms. The van der Waals surface area contributed by atoms with E-state index in [1.165, 1.54) is 0 Å². The SMILES string of the molecule is Cn1cccc1[C@H](C#N)[NH+](C)C. The van der Waals surface area contributed by atoms with Crippen LogP contribution in [0.3, 0.4) is 0 Å². The molecular weight excluding hydrogens is 150 g/mol. The van der Waals surface area contributed by atoms with Crippen LogP contribution in [-0.2, 0) is 7.05 Å². The predicted molar refractivity (Wildman–Crippen MR) is 46.6 cm³/mol. The average Bonchev–Trinajstić information content (AvgIpc) is 2.38. The number of nitrogens with zero attached hydrogens (tertiary/aromatic N) is 2. The molecule has 1 rings (SSSR count). The molecule has 1 aromatic heterocycles. The van der Waals surface area contributed by atoms with Gasteiger partial charge in [0.25, 0.3) is 0 Å². The lowest BCUT2D eigenvalue weighted by molar-refractivity contribution is -0.883. The molecule has 0 aromatic carbocycles. The van der Waals surface area contributed by atoms with Crippen LogP contribution >= 0.6 is 0 Å². The zero-order valence-corrected chi connectivity index (χ0v) is 7.70. The molecule has 0 aliphatic rings. The fraction of sp³-hybridized carbons (Fsp3) is 0.444. The molecule has 3 heteroatoms. The summed E-state index contributed by atoms with van der Waals surface area (Å²) in [6, 6.07) is 6.17. The molecule has 0 unspecified atom stereocenters. The van der Waals surface area contributed by atoms with Crippen molar-refractivity contribution in [3.8, 4) is 6.07 Å².